The van der Waals surface area contributed by atoms with E-state index in [1.54, 1.807) is 24.4 Å². The SMILES string of the molecule is CCCc1nn(-c2ccc(C(F)(F)F)cn2)cc1CCCOc1ccc(OC)c(CCC(=O)O)c1. The molecular weight excluding hydrogens is 463 g/mol. The van der Waals surface area contributed by atoms with Crippen molar-refractivity contribution in [1.29, 1.82) is 0 Å². The Balaban J connectivity index is 1.63. The predicted molar refractivity (Wildman–Crippen MR) is 123 cm³/mol. The number of halogens is 3. The quantitative estimate of drug-likeness (QED) is 0.347. The molecule has 0 unspecified atom stereocenters. The van der Waals surface area contributed by atoms with Gasteiger partial charge in [-0.2, -0.15) is 18.3 Å². The summed E-state index contributed by atoms with van der Waals surface area (Å²) in [6, 6.07) is 7.63. The first-order chi connectivity index (χ1) is 16.7. The fraction of sp³-hybridized carbons (Fsp3) is 0.400. The molecule has 0 amide bonds. The van der Waals surface area contributed by atoms with E-state index in [1.807, 2.05) is 6.92 Å². The number of pyridine rings is 1. The van der Waals surface area contributed by atoms with Crippen LogP contribution in [0.25, 0.3) is 5.82 Å². The van der Waals surface area contributed by atoms with Crippen LogP contribution in [-0.2, 0) is 30.2 Å². The number of hydrogen-bond donors (Lipinski definition) is 1. The van der Waals surface area contributed by atoms with E-state index in [4.69, 9.17) is 14.6 Å². The van der Waals surface area contributed by atoms with Gasteiger partial charge in [-0.3, -0.25) is 4.79 Å². The highest BCUT2D eigenvalue weighted by molar-refractivity contribution is 5.67. The maximum Gasteiger partial charge on any atom is 0.417 e. The Morgan fingerprint density at radius 1 is 1.11 bits per heavy atom. The van der Waals surface area contributed by atoms with Crippen molar-refractivity contribution in [2.24, 2.45) is 0 Å². The Hall–Kier alpha value is -3.56. The zero-order valence-corrected chi connectivity index (χ0v) is 19.6. The summed E-state index contributed by atoms with van der Waals surface area (Å²) < 4.78 is 51.1. The van der Waals surface area contributed by atoms with Crippen molar-refractivity contribution in [2.45, 2.75) is 51.6 Å². The number of nitrogens with zero attached hydrogens (tertiary/aromatic N) is 3. The molecule has 0 aliphatic carbocycles. The Bertz CT molecular complexity index is 1130. The van der Waals surface area contributed by atoms with Crippen LogP contribution < -0.4 is 9.47 Å². The predicted octanol–water partition coefficient (Wildman–Crippen LogP) is 5.28. The number of rotatable bonds is 12. The molecule has 3 rings (SSSR count). The molecule has 0 aliphatic rings. The molecule has 10 heteroatoms. The lowest BCUT2D eigenvalue weighted by atomic mass is 10.1. The molecule has 7 nitrogen and oxygen atoms in total. The summed E-state index contributed by atoms with van der Waals surface area (Å²) in [7, 11) is 1.54. The van der Waals surface area contributed by atoms with Crippen molar-refractivity contribution >= 4 is 5.97 Å². The summed E-state index contributed by atoms with van der Waals surface area (Å²) in [6.45, 7) is 2.47. The molecule has 0 bridgehead atoms. The average Bonchev–Trinajstić information content (AvgIpc) is 3.23. The van der Waals surface area contributed by atoms with Crippen LogP contribution in [0.15, 0.2) is 42.7 Å². The number of alkyl halides is 3. The Morgan fingerprint density at radius 2 is 1.91 bits per heavy atom. The normalized spacial score (nSPS) is 11.5. The molecule has 0 fully saturated rings. The van der Waals surface area contributed by atoms with Gasteiger partial charge in [0.2, 0.25) is 0 Å². The van der Waals surface area contributed by atoms with Gasteiger partial charge in [-0.1, -0.05) is 13.3 Å². The number of carboxylic acid groups (broad SMARTS) is 1. The van der Waals surface area contributed by atoms with Gasteiger partial charge in [0.05, 0.1) is 25.0 Å². The first kappa shape index (κ1) is 26.1. The minimum Gasteiger partial charge on any atom is -0.496 e. The Morgan fingerprint density at radius 3 is 2.54 bits per heavy atom. The molecular formula is C25H28F3N3O4. The number of benzene rings is 1. The fourth-order valence-electron chi connectivity index (χ4n) is 3.64. The number of aromatic nitrogens is 3. The highest BCUT2D eigenvalue weighted by Gasteiger charge is 2.30. The Kier molecular flexibility index (Phi) is 8.73. The van der Waals surface area contributed by atoms with Crippen LogP contribution in [0.4, 0.5) is 13.2 Å². The van der Waals surface area contributed by atoms with Gasteiger partial charge in [-0.05, 0) is 67.1 Å². The number of aliphatic carboxylic acids is 1. The van der Waals surface area contributed by atoms with Crippen molar-refractivity contribution in [3.8, 4) is 17.3 Å². The van der Waals surface area contributed by atoms with Crippen LogP contribution in [0, 0.1) is 0 Å². The summed E-state index contributed by atoms with van der Waals surface area (Å²) in [6.07, 6.45) is 1.51. The number of methoxy groups -OCH3 is 1. The van der Waals surface area contributed by atoms with Crippen LogP contribution in [0.2, 0.25) is 0 Å². The molecule has 0 radical (unpaired) electrons. The third kappa shape index (κ3) is 7.21. The molecule has 0 saturated carbocycles. The van der Waals surface area contributed by atoms with Gasteiger partial charge < -0.3 is 14.6 Å². The van der Waals surface area contributed by atoms with Gasteiger partial charge in [0, 0.05) is 18.8 Å². The monoisotopic (exact) mass is 491 g/mol. The van der Waals surface area contributed by atoms with E-state index in [9.17, 15) is 18.0 Å². The summed E-state index contributed by atoms with van der Waals surface area (Å²) in [4.78, 5) is 14.8. The molecule has 0 saturated heterocycles. The molecule has 35 heavy (non-hydrogen) atoms. The van der Waals surface area contributed by atoms with Gasteiger partial charge in [0.1, 0.15) is 11.5 Å². The van der Waals surface area contributed by atoms with Crippen molar-refractivity contribution in [3.63, 3.8) is 0 Å². The molecule has 0 atom stereocenters. The number of hydrogen-bond acceptors (Lipinski definition) is 5. The van der Waals surface area contributed by atoms with Gasteiger partial charge in [-0.25, -0.2) is 9.67 Å². The third-order valence-corrected chi connectivity index (χ3v) is 5.39. The van der Waals surface area contributed by atoms with E-state index in [0.29, 0.717) is 43.2 Å². The highest BCUT2D eigenvalue weighted by atomic mass is 19.4. The molecule has 0 aliphatic heterocycles. The summed E-state index contributed by atoms with van der Waals surface area (Å²) in [5.74, 6) is 0.690. The molecule has 0 spiro atoms. The van der Waals surface area contributed by atoms with Gasteiger partial charge in [-0.15, -0.1) is 0 Å². The molecule has 188 valence electrons. The number of carboxylic acids is 1. The standard InChI is InChI=1S/C25H28F3N3O4/c1-3-5-21-18(16-31(30-21)23-11-8-19(15-29-23)25(26,27)28)6-4-13-35-20-9-10-22(34-2)17(14-20)7-12-24(32)33/h8-11,14-16H,3-7,12-13H2,1-2H3,(H,32,33). The van der Waals surface area contributed by atoms with Gasteiger partial charge in [0.25, 0.3) is 0 Å². The van der Waals surface area contributed by atoms with Crippen molar-refractivity contribution in [3.05, 3.63) is 65.1 Å². The largest absolute Gasteiger partial charge is 0.496 e. The van der Waals surface area contributed by atoms with Crippen molar-refractivity contribution in [2.75, 3.05) is 13.7 Å². The van der Waals surface area contributed by atoms with Crippen molar-refractivity contribution in [1.82, 2.24) is 14.8 Å². The van der Waals surface area contributed by atoms with E-state index in [2.05, 4.69) is 10.1 Å². The molecule has 3 aromatic rings. The minimum atomic E-state index is -4.44. The number of ether oxygens (including phenoxy) is 2. The smallest absolute Gasteiger partial charge is 0.417 e. The molecule has 1 N–H and O–H groups in total. The molecule has 1 aromatic carbocycles. The van der Waals surface area contributed by atoms with Crippen LogP contribution >= 0.6 is 0 Å². The van der Waals surface area contributed by atoms with E-state index in [0.717, 1.165) is 41.9 Å². The van der Waals surface area contributed by atoms with E-state index >= 15 is 0 Å². The first-order valence-corrected chi connectivity index (χ1v) is 11.3. The second-order valence-electron chi connectivity index (χ2n) is 8.02. The number of aryl methyl sites for hydroxylation is 3. The average molecular weight is 492 g/mol. The first-order valence-electron chi connectivity index (χ1n) is 11.3. The lowest BCUT2D eigenvalue weighted by molar-refractivity contribution is -0.138. The minimum absolute atomic E-state index is 0.00219. The second-order valence-corrected chi connectivity index (χ2v) is 8.02. The summed E-state index contributed by atoms with van der Waals surface area (Å²) in [5, 5.41) is 13.5. The topological polar surface area (TPSA) is 86.5 Å². The third-order valence-electron chi connectivity index (χ3n) is 5.39. The maximum atomic E-state index is 12.8. The van der Waals surface area contributed by atoms with Crippen molar-refractivity contribution < 1.29 is 32.5 Å². The number of carbonyl (C=O) groups is 1. The van der Waals surface area contributed by atoms with E-state index < -0.39 is 17.7 Å². The van der Waals surface area contributed by atoms with Crippen LogP contribution in [0.1, 0.15) is 48.6 Å². The van der Waals surface area contributed by atoms with E-state index in [-0.39, 0.29) is 6.42 Å². The van der Waals surface area contributed by atoms with Gasteiger partial charge in [0.15, 0.2) is 5.82 Å². The van der Waals surface area contributed by atoms with Crippen LogP contribution in [0.3, 0.4) is 0 Å². The molecule has 2 heterocycles. The van der Waals surface area contributed by atoms with E-state index in [1.165, 1.54) is 17.9 Å². The second kappa shape index (κ2) is 11.7. The zero-order valence-electron chi connectivity index (χ0n) is 19.6. The van der Waals surface area contributed by atoms with Crippen LogP contribution in [-0.4, -0.2) is 39.6 Å². The highest BCUT2D eigenvalue weighted by Crippen LogP contribution is 2.29. The summed E-state index contributed by atoms with van der Waals surface area (Å²) in [5.41, 5.74) is 1.84. The lowest BCUT2D eigenvalue weighted by Gasteiger charge is -2.11. The van der Waals surface area contributed by atoms with Crippen LogP contribution in [0.5, 0.6) is 11.5 Å². The molecule has 2 aromatic heterocycles. The van der Waals surface area contributed by atoms with Gasteiger partial charge >= 0.3 is 12.1 Å². The zero-order chi connectivity index (χ0) is 25.4. The maximum absolute atomic E-state index is 12.8. The summed E-state index contributed by atoms with van der Waals surface area (Å²) >= 11 is 0. The Labute approximate surface area is 201 Å². The lowest BCUT2D eigenvalue weighted by Crippen LogP contribution is -2.07. The fourth-order valence-corrected chi connectivity index (χ4v) is 3.64.